The van der Waals surface area contributed by atoms with Crippen molar-refractivity contribution in [2.45, 2.75) is 25.1 Å². The number of hydrogen-bond acceptors (Lipinski definition) is 5. The lowest BCUT2D eigenvalue weighted by Gasteiger charge is -2.26. The number of hydrogen-bond donors (Lipinski definition) is 2. The quantitative estimate of drug-likeness (QED) is 0.225. The van der Waals surface area contributed by atoms with Gasteiger partial charge in [-0.3, -0.25) is 9.89 Å². The van der Waals surface area contributed by atoms with Crippen LogP contribution >= 0.6 is 24.0 Å². The summed E-state index contributed by atoms with van der Waals surface area (Å²) in [5, 5.41) is 6.42. The molecule has 0 radical (unpaired) electrons. The second-order valence-electron chi connectivity index (χ2n) is 6.89. The topological polar surface area (TPSA) is 74.9 Å². The molecule has 0 saturated carbocycles. The van der Waals surface area contributed by atoms with E-state index in [1.54, 1.807) is 13.3 Å². The normalized spacial score (nSPS) is 15.9. The Kier molecular flexibility index (Phi) is 9.88. The maximum absolute atomic E-state index is 12.6. The molecule has 0 bridgehead atoms. The summed E-state index contributed by atoms with van der Waals surface area (Å²) in [4.78, 5) is 10.3. The van der Waals surface area contributed by atoms with Crippen LogP contribution in [-0.2, 0) is 6.18 Å². The third kappa shape index (κ3) is 7.56. The maximum atomic E-state index is 12.6. The van der Waals surface area contributed by atoms with Crippen molar-refractivity contribution < 1.29 is 22.3 Å². The van der Waals surface area contributed by atoms with Crippen LogP contribution in [0.4, 0.5) is 13.2 Å². The fourth-order valence-electron chi connectivity index (χ4n) is 3.32. The zero-order valence-corrected chi connectivity index (χ0v) is 19.5. The van der Waals surface area contributed by atoms with Crippen LogP contribution in [0.3, 0.4) is 0 Å². The van der Waals surface area contributed by atoms with Crippen molar-refractivity contribution in [2.75, 3.05) is 39.8 Å². The molecule has 1 aliphatic heterocycles. The smallest absolute Gasteiger partial charge is 0.417 e. The van der Waals surface area contributed by atoms with Gasteiger partial charge in [0, 0.05) is 25.9 Å². The molecule has 2 N–H and O–H groups in total. The first kappa shape index (κ1) is 25.2. The monoisotopic (exact) mass is 553 g/mol. The highest BCUT2D eigenvalue weighted by Crippen LogP contribution is 2.29. The number of guanidine groups is 1. The van der Waals surface area contributed by atoms with Crippen LogP contribution in [0.1, 0.15) is 30.2 Å². The highest BCUT2D eigenvalue weighted by atomic mass is 127. The van der Waals surface area contributed by atoms with Gasteiger partial charge in [0.1, 0.15) is 12.4 Å². The first-order valence-corrected chi connectivity index (χ1v) is 9.85. The summed E-state index contributed by atoms with van der Waals surface area (Å²) in [6.07, 6.45) is 0.390. The predicted molar refractivity (Wildman–Crippen MR) is 122 cm³/mol. The molecule has 0 spiro atoms. The van der Waals surface area contributed by atoms with E-state index in [1.165, 1.54) is 18.9 Å². The van der Waals surface area contributed by atoms with Crippen molar-refractivity contribution in [1.82, 2.24) is 20.5 Å². The Morgan fingerprint density at radius 3 is 2.61 bits per heavy atom. The molecular formula is C20H27F3IN5O2. The van der Waals surface area contributed by atoms with Gasteiger partial charge in [0.25, 0.3) is 0 Å². The summed E-state index contributed by atoms with van der Waals surface area (Å²) < 4.78 is 48.7. The lowest BCUT2D eigenvalue weighted by Crippen LogP contribution is -2.43. The zero-order chi connectivity index (χ0) is 21.4. The Hall–Kier alpha value is -2.02. The van der Waals surface area contributed by atoms with Crippen molar-refractivity contribution >= 4 is 29.9 Å². The molecule has 3 heterocycles. The van der Waals surface area contributed by atoms with Gasteiger partial charge in [0.15, 0.2) is 5.96 Å². The van der Waals surface area contributed by atoms with Crippen LogP contribution < -0.4 is 15.4 Å². The summed E-state index contributed by atoms with van der Waals surface area (Å²) >= 11 is 0. The molecule has 0 aliphatic carbocycles. The van der Waals surface area contributed by atoms with Crippen LogP contribution in [-0.4, -0.2) is 55.7 Å². The van der Waals surface area contributed by atoms with E-state index in [9.17, 15) is 13.2 Å². The summed E-state index contributed by atoms with van der Waals surface area (Å²) in [7, 11) is 1.67. The van der Waals surface area contributed by atoms with E-state index in [0.717, 1.165) is 31.1 Å². The summed E-state index contributed by atoms with van der Waals surface area (Å²) in [5.74, 6) is 1.66. The number of aromatic nitrogens is 1. The Morgan fingerprint density at radius 1 is 1.26 bits per heavy atom. The minimum atomic E-state index is -4.41. The Morgan fingerprint density at radius 2 is 2.03 bits per heavy atom. The number of pyridine rings is 1. The number of ether oxygens (including phenoxy) is 1. The molecule has 1 atom stereocenters. The third-order valence-electron chi connectivity index (χ3n) is 4.85. The second kappa shape index (κ2) is 12.1. The minimum Gasteiger partial charge on any atom is -0.476 e. The zero-order valence-electron chi connectivity index (χ0n) is 17.2. The molecule has 3 rings (SSSR count). The maximum Gasteiger partial charge on any atom is 0.417 e. The number of furan rings is 1. The molecule has 2 aromatic rings. The van der Waals surface area contributed by atoms with Crippen molar-refractivity contribution in [3.05, 3.63) is 48.0 Å². The second-order valence-corrected chi connectivity index (χ2v) is 6.89. The van der Waals surface area contributed by atoms with Crippen LogP contribution in [0.25, 0.3) is 0 Å². The standard InChI is InChI=1S/C20H26F3N5O2.HI/c1-24-19(25-8-12-30-18-7-6-15(13-26-18)20(21,22)23)27-14-16(17-5-4-11-29-17)28-9-2-3-10-28;/h4-7,11,13,16H,2-3,8-10,12,14H2,1H3,(H2,24,25,27);1H. The molecule has 11 heteroatoms. The Bertz CT molecular complexity index is 794. The summed E-state index contributed by atoms with van der Waals surface area (Å²) in [6, 6.07) is 6.14. The molecule has 2 aromatic heterocycles. The van der Waals surface area contributed by atoms with Gasteiger partial charge in [0.2, 0.25) is 5.88 Å². The van der Waals surface area contributed by atoms with Gasteiger partial charge >= 0.3 is 6.18 Å². The van der Waals surface area contributed by atoms with Crippen LogP contribution in [0.15, 0.2) is 46.1 Å². The molecular weight excluding hydrogens is 526 g/mol. The predicted octanol–water partition coefficient (Wildman–Crippen LogP) is 3.69. The van der Waals surface area contributed by atoms with Crippen LogP contribution in [0.2, 0.25) is 0 Å². The van der Waals surface area contributed by atoms with Crippen LogP contribution in [0.5, 0.6) is 5.88 Å². The first-order chi connectivity index (χ1) is 14.5. The van der Waals surface area contributed by atoms with Crippen molar-refractivity contribution in [1.29, 1.82) is 0 Å². The molecule has 0 amide bonds. The summed E-state index contributed by atoms with van der Waals surface area (Å²) in [6.45, 7) is 3.35. The van der Waals surface area contributed by atoms with E-state index in [4.69, 9.17) is 9.15 Å². The third-order valence-corrected chi connectivity index (χ3v) is 4.85. The minimum absolute atomic E-state index is 0. The number of nitrogens with one attached hydrogen (secondary N) is 2. The van der Waals surface area contributed by atoms with Crippen LogP contribution in [0, 0.1) is 0 Å². The van der Waals surface area contributed by atoms with Gasteiger partial charge in [-0.15, -0.1) is 24.0 Å². The Balaban J connectivity index is 0.00000341. The molecule has 0 aromatic carbocycles. The van der Waals surface area contributed by atoms with Crippen molar-refractivity contribution in [3.63, 3.8) is 0 Å². The molecule has 7 nitrogen and oxygen atoms in total. The average Bonchev–Trinajstić information content (AvgIpc) is 3.44. The molecule has 1 saturated heterocycles. The molecule has 1 unspecified atom stereocenters. The van der Waals surface area contributed by atoms with Gasteiger partial charge in [-0.05, 0) is 44.1 Å². The van der Waals surface area contributed by atoms with Gasteiger partial charge in [-0.1, -0.05) is 0 Å². The van der Waals surface area contributed by atoms with E-state index in [-0.39, 0.29) is 42.5 Å². The van der Waals surface area contributed by atoms with E-state index in [2.05, 4.69) is 25.5 Å². The molecule has 1 fully saturated rings. The highest BCUT2D eigenvalue weighted by Gasteiger charge is 2.30. The van der Waals surface area contributed by atoms with E-state index >= 15 is 0 Å². The number of rotatable bonds is 8. The molecule has 1 aliphatic rings. The number of likely N-dealkylation sites (tertiary alicyclic amines) is 1. The lowest BCUT2D eigenvalue weighted by molar-refractivity contribution is -0.137. The van der Waals surface area contributed by atoms with E-state index in [1.807, 2.05) is 12.1 Å². The summed E-state index contributed by atoms with van der Waals surface area (Å²) in [5.41, 5.74) is -0.804. The highest BCUT2D eigenvalue weighted by molar-refractivity contribution is 14.0. The van der Waals surface area contributed by atoms with E-state index < -0.39 is 11.7 Å². The lowest BCUT2D eigenvalue weighted by atomic mass is 10.2. The van der Waals surface area contributed by atoms with E-state index in [0.29, 0.717) is 19.0 Å². The number of aliphatic imine (C=N–C) groups is 1. The SMILES string of the molecule is CN=C(NCCOc1ccc(C(F)(F)F)cn1)NCC(c1ccco1)N1CCCC1.I. The van der Waals surface area contributed by atoms with Gasteiger partial charge < -0.3 is 19.8 Å². The van der Waals surface area contributed by atoms with Crippen molar-refractivity contribution in [2.24, 2.45) is 4.99 Å². The molecule has 31 heavy (non-hydrogen) atoms. The number of halogens is 4. The largest absolute Gasteiger partial charge is 0.476 e. The average molecular weight is 553 g/mol. The number of alkyl halides is 3. The fourth-order valence-corrected chi connectivity index (χ4v) is 3.32. The number of nitrogens with zero attached hydrogens (tertiary/aromatic N) is 3. The van der Waals surface area contributed by atoms with Gasteiger partial charge in [0.05, 0.1) is 24.4 Å². The van der Waals surface area contributed by atoms with Gasteiger partial charge in [-0.2, -0.15) is 13.2 Å². The molecule has 172 valence electrons. The fraction of sp³-hybridized carbons (Fsp3) is 0.500. The first-order valence-electron chi connectivity index (χ1n) is 9.85. The van der Waals surface area contributed by atoms with Crippen molar-refractivity contribution in [3.8, 4) is 5.88 Å². The Labute approximate surface area is 196 Å². The van der Waals surface area contributed by atoms with Gasteiger partial charge in [-0.25, -0.2) is 4.98 Å².